The minimum Gasteiger partial charge on any atom is -0.497 e. The summed E-state index contributed by atoms with van der Waals surface area (Å²) in [6.07, 6.45) is 0.642. The van der Waals surface area contributed by atoms with Crippen LogP contribution in [0.2, 0.25) is 0 Å². The Bertz CT molecular complexity index is 1480. The van der Waals surface area contributed by atoms with Crippen molar-refractivity contribution < 1.29 is 14.3 Å². The Morgan fingerprint density at radius 2 is 1.34 bits per heavy atom. The smallest absolute Gasteiger partial charge is 0.231 e. The molecule has 0 aliphatic heterocycles. The number of carbonyl (C=O) groups is 1. The molecule has 38 heavy (non-hydrogen) atoms. The molecule has 0 saturated heterocycles. The van der Waals surface area contributed by atoms with Gasteiger partial charge in [0.15, 0.2) is 0 Å². The summed E-state index contributed by atoms with van der Waals surface area (Å²) in [5.74, 6) is 0.721. The van der Waals surface area contributed by atoms with E-state index in [1.165, 1.54) is 19.1 Å². The van der Waals surface area contributed by atoms with Crippen LogP contribution in [0, 0.1) is 29.6 Å². The zero-order chi connectivity index (χ0) is 27.1. The second kappa shape index (κ2) is 11.8. The van der Waals surface area contributed by atoms with E-state index in [1.807, 2.05) is 25.1 Å². The second-order valence-corrected chi connectivity index (χ2v) is 8.73. The highest BCUT2D eigenvalue weighted by Gasteiger charge is 2.25. The summed E-state index contributed by atoms with van der Waals surface area (Å²) < 4.78 is 10.8. The van der Waals surface area contributed by atoms with Crippen LogP contribution in [0.3, 0.4) is 0 Å². The molecular weight excluding hydrogens is 474 g/mol. The summed E-state index contributed by atoms with van der Waals surface area (Å²) in [4.78, 5) is 15.4. The Labute approximate surface area is 222 Å². The molecule has 6 heteroatoms. The lowest BCUT2D eigenvalue weighted by atomic mass is 9.97. The molecule has 188 valence electrons. The maximum absolute atomic E-state index is 13.9. The van der Waals surface area contributed by atoms with Gasteiger partial charge in [0.25, 0.3) is 0 Å². The van der Waals surface area contributed by atoms with Crippen molar-refractivity contribution in [1.29, 1.82) is 10.5 Å². The number of nitriles is 2. The Hall–Kier alpha value is -5.07. The molecule has 0 bridgehead atoms. The number of carbonyl (C=O) groups excluding carboxylic acids is 1. The van der Waals surface area contributed by atoms with E-state index < -0.39 is 0 Å². The van der Waals surface area contributed by atoms with E-state index in [1.54, 1.807) is 36.4 Å². The minimum atomic E-state index is -0.260. The predicted octanol–water partition coefficient (Wildman–Crippen LogP) is 6.72. The van der Waals surface area contributed by atoms with Gasteiger partial charge in [-0.05, 0) is 59.9 Å². The largest absolute Gasteiger partial charge is 0.497 e. The molecule has 1 amide bonds. The van der Waals surface area contributed by atoms with Crippen LogP contribution < -0.4 is 14.4 Å². The zero-order valence-corrected chi connectivity index (χ0v) is 21.6. The standard InChI is InChI=1S/C32H27N3O3/c1-22-9-10-25(23-7-5-4-6-8-23)17-24(22)13-16-32(36)35(30-18-28(37-2)14-11-26(30)20-33)31-19-29(38-3)15-12-27(31)21-34/h4-12,14-15,17-19H,13,16H2,1-3H3. The second-order valence-electron chi connectivity index (χ2n) is 8.73. The van der Waals surface area contributed by atoms with Crippen LogP contribution in [0.4, 0.5) is 11.4 Å². The quantitative estimate of drug-likeness (QED) is 0.267. The Morgan fingerprint density at radius 3 is 1.87 bits per heavy atom. The van der Waals surface area contributed by atoms with Crippen LogP contribution in [0.1, 0.15) is 28.7 Å². The Morgan fingerprint density at radius 1 is 0.763 bits per heavy atom. The highest BCUT2D eigenvalue weighted by Crippen LogP contribution is 2.36. The first-order valence-electron chi connectivity index (χ1n) is 12.1. The van der Waals surface area contributed by atoms with E-state index in [-0.39, 0.29) is 23.5 Å². The van der Waals surface area contributed by atoms with Gasteiger partial charge in [-0.2, -0.15) is 10.5 Å². The van der Waals surface area contributed by atoms with Gasteiger partial charge in [-0.3, -0.25) is 9.69 Å². The first-order valence-corrected chi connectivity index (χ1v) is 12.1. The number of rotatable bonds is 8. The van der Waals surface area contributed by atoms with Crippen LogP contribution in [0.25, 0.3) is 11.1 Å². The highest BCUT2D eigenvalue weighted by molar-refractivity contribution is 6.03. The maximum atomic E-state index is 13.9. The van der Waals surface area contributed by atoms with Crippen molar-refractivity contribution >= 4 is 17.3 Å². The molecule has 0 saturated carbocycles. The first kappa shape index (κ1) is 26.0. The van der Waals surface area contributed by atoms with E-state index in [0.717, 1.165) is 22.3 Å². The number of aryl methyl sites for hydroxylation is 2. The molecule has 0 aliphatic rings. The van der Waals surface area contributed by atoms with Crippen molar-refractivity contribution in [1.82, 2.24) is 0 Å². The van der Waals surface area contributed by atoms with Crippen LogP contribution >= 0.6 is 0 Å². The summed E-state index contributed by atoms with van der Waals surface area (Å²) in [6, 6.07) is 30.5. The van der Waals surface area contributed by atoms with E-state index >= 15 is 0 Å². The van der Waals surface area contributed by atoms with Crippen molar-refractivity contribution in [3.63, 3.8) is 0 Å². The lowest BCUT2D eigenvalue weighted by Crippen LogP contribution is -2.28. The van der Waals surface area contributed by atoms with E-state index in [9.17, 15) is 15.3 Å². The Balaban J connectivity index is 1.76. The number of hydrogen-bond acceptors (Lipinski definition) is 5. The monoisotopic (exact) mass is 501 g/mol. The van der Waals surface area contributed by atoms with Gasteiger partial charge >= 0.3 is 0 Å². The fourth-order valence-corrected chi connectivity index (χ4v) is 4.34. The summed E-state index contributed by atoms with van der Waals surface area (Å²) in [7, 11) is 3.04. The molecule has 0 spiro atoms. The molecule has 0 fully saturated rings. The van der Waals surface area contributed by atoms with Gasteiger partial charge in [0, 0.05) is 18.6 Å². The lowest BCUT2D eigenvalue weighted by Gasteiger charge is -2.26. The van der Waals surface area contributed by atoms with E-state index in [2.05, 4.69) is 42.5 Å². The van der Waals surface area contributed by atoms with Crippen LogP contribution in [-0.4, -0.2) is 20.1 Å². The van der Waals surface area contributed by atoms with Crippen molar-refractivity contribution in [2.45, 2.75) is 19.8 Å². The van der Waals surface area contributed by atoms with Gasteiger partial charge in [-0.1, -0.05) is 48.5 Å². The topological polar surface area (TPSA) is 86.3 Å². The summed E-state index contributed by atoms with van der Waals surface area (Å²) in [5, 5.41) is 19.7. The van der Waals surface area contributed by atoms with Gasteiger partial charge in [0.1, 0.15) is 23.6 Å². The number of anilines is 2. The van der Waals surface area contributed by atoms with Gasteiger partial charge in [0.2, 0.25) is 5.91 Å². The first-order chi connectivity index (χ1) is 18.5. The van der Waals surface area contributed by atoms with Gasteiger partial charge in [0.05, 0.1) is 36.7 Å². The van der Waals surface area contributed by atoms with Gasteiger partial charge < -0.3 is 9.47 Å². The zero-order valence-electron chi connectivity index (χ0n) is 21.6. The van der Waals surface area contributed by atoms with E-state index in [0.29, 0.717) is 29.3 Å². The minimum absolute atomic E-state index is 0.156. The van der Waals surface area contributed by atoms with Crippen LogP contribution in [-0.2, 0) is 11.2 Å². The van der Waals surface area contributed by atoms with Crippen LogP contribution in [0.5, 0.6) is 11.5 Å². The number of methoxy groups -OCH3 is 2. The third-order valence-electron chi connectivity index (χ3n) is 6.45. The van der Waals surface area contributed by atoms with Crippen molar-refractivity contribution in [3.8, 4) is 34.8 Å². The molecule has 0 aliphatic carbocycles. The maximum Gasteiger partial charge on any atom is 0.231 e. The predicted molar refractivity (Wildman–Crippen MR) is 147 cm³/mol. The number of ether oxygens (including phenoxy) is 2. The van der Waals surface area contributed by atoms with Crippen molar-refractivity contribution in [2.24, 2.45) is 0 Å². The molecule has 0 radical (unpaired) electrons. The molecule has 4 rings (SSSR count). The highest BCUT2D eigenvalue weighted by atomic mass is 16.5. The van der Waals surface area contributed by atoms with Crippen molar-refractivity contribution in [2.75, 3.05) is 19.1 Å². The normalized spacial score (nSPS) is 10.2. The summed E-state index contributed by atoms with van der Waals surface area (Å²) in [6.45, 7) is 2.03. The molecule has 6 nitrogen and oxygen atoms in total. The molecule has 0 unspecified atom stereocenters. The third-order valence-corrected chi connectivity index (χ3v) is 6.45. The summed E-state index contributed by atoms with van der Waals surface area (Å²) >= 11 is 0. The van der Waals surface area contributed by atoms with Gasteiger partial charge in [-0.25, -0.2) is 0 Å². The average Bonchev–Trinajstić information content (AvgIpc) is 2.97. The number of hydrogen-bond donors (Lipinski definition) is 0. The fourth-order valence-electron chi connectivity index (χ4n) is 4.34. The van der Waals surface area contributed by atoms with Gasteiger partial charge in [-0.15, -0.1) is 0 Å². The number of nitrogens with zero attached hydrogens (tertiary/aromatic N) is 3. The molecule has 4 aromatic carbocycles. The average molecular weight is 502 g/mol. The van der Waals surface area contributed by atoms with Crippen LogP contribution in [0.15, 0.2) is 84.9 Å². The molecule has 0 N–H and O–H groups in total. The molecule has 0 atom stereocenters. The molecular formula is C32H27N3O3. The SMILES string of the molecule is COc1ccc(C#N)c(N(C(=O)CCc2cc(-c3ccccc3)ccc2C)c2cc(OC)ccc2C#N)c1. The molecule has 4 aromatic rings. The fraction of sp³-hybridized carbons (Fsp3) is 0.156. The Kier molecular flexibility index (Phi) is 8.06. The van der Waals surface area contributed by atoms with E-state index in [4.69, 9.17) is 9.47 Å². The third kappa shape index (κ3) is 5.51. The molecule has 0 heterocycles. The lowest BCUT2D eigenvalue weighted by molar-refractivity contribution is -0.117. The number of amides is 1. The number of benzene rings is 4. The van der Waals surface area contributed by atoms with Crippen molar-refractivity contribution in [3.05, 3.63) is 107 Å². The summed E-state index contributed by atoms with van der Waals surface area (Å²) in [5.41, 5.74) is 5.58. The molecule has 0 aromatic heterocycles.